The van der Waals surface area contributed by atoms with Crippen molar-refractivity contribution in [1.82, 2.24) is 4.72 Å². The number of nitrogens with zero attached hydrogens (tertiary/aromatic N) is 1. The van der Waals surface area contributed by atoms with Crippen molar-refractivity contribution in [2.75, 3.05) is 6.61 Å². The molecule has 0 saturated carbocycles. The van der Waals surface area contributed by atoms with Gasteiger partial charge in [-0.3, -0.25) is 10.1 Å². The van der Waals surface area contributed by atoms with Gasteiger partial charge in [-0.05, 0) is 51.2 Å². The minimum absolute atomic E-state index is 0.0320. The van der Waals surface area contributed by atoms with Gasteiger partial charge in [0.05, 0.1) is 20.7 Å². The molecule has 1 aromatic carbocycles. The van der Waals surface area contributed by atoms with Gasteiger partial charge in [-0.1, -0.05) is 6.07 Å². The summed E-state index contributed by atoms with van der Waals surface area (Å²) in [6.07, 6.45) is 0.783. The maximum Gasteiger partial charge on any atom is 0.293 e. The lowest BCUT2D eigenvalue weighted by atomic mass is 9.73. The van der Waals surface area contributed by atoms with Crippen LogP contribution in [0.1, 0.15) is 44.7 Å². The topological polar surface area (TPSA) is 92.5 Å². The van der Waals surface area contributed by atoms with Crippen LogP contribution in [0.5, 0.6) is 0 Å². The Balaban J connectivity index is 2.68. The number of rotatable bonds is 5. The summed E-state index contributed by atoms with van der Waals surface area (Å²) >= 11 is 0. The van der Waals surface area contributed by atoms with Crippen molar-refractivity contribution in [2.24, 2.45) is 0 Å². The van der Waals surface area contributed by atoms with E-state index in [1.807, 2.05) is 0 Å². The molecule has 0 unspecified atom stereocenters. The molecule has 0 aliphatic heterocycles. The van der Waals surface area contributed by atoms with E-state index in [2.05, 4.69) is 4.72 Å². The molecule has 0 spiro atoms. The number of nitro groups is 1. The first kappa shape index (κ1) is 19.9. The summed E-state index contributed by atoms with van der Waals surface area (Å²) in [5.74, 6) is -3.64. The average molecular weight is 376 g/mol. The van der Waals surface area contributed by atoms with Gasteiger partial charge in [-0.15, -0.1) is 0 Å². The molecular formula is C16H22F2N2O4S. The SMILES string of the molecule is CC(C)(C)[S@@](=O)N[C@]1(C(F)(F)CO)CCCc2ccc([N+](=O)[O-])cc21. The van der Waals surface area contributed by atoms with Gasteiger partial charge in [0.1, 0.15) is 12.1 Å². The highest BCUT2D eigenvalue weighted by Crippen LogP contribution is 2.47. The fraction of sp³-hybridized carbons (Fsp3) is 0.625. The van der Waals surface area contributed by atoms with Crippen LogP contribution in [0.25, 0.3) is 0 Å². The second kappa shape index (κ2) is 6.69. The Morgan fingerprint density at radius 2 is 2.04 bits per heavy atom. The number of halogens is 2. The highest BCUT2D eigenvalue weighted by molar-refractivity contribution is 7.84. The molecule has 1 aromatic rings. The lowest BCUT2D eigenvalue weighted by Crippen LogP contribution is -2.61. The molecule has 0 bridgehead atoms. The lowest BCUT2D eigenvalue weighted by molar-refractivity contribution is -0.385. The third-order valence-corrected chi connectivity index (χ3v) is 6.05. The first-order valence-electron chi connectivity index (χ1n) is 7.91. The number of aryl methyl sites for hydroxylation is 1. The van der Waals surface area contributed by atoms with Crippen LogP contribution in [0, 0.1) is 10.1 Å². The Bertz CT molecular complexity index is 706. The first-order valence-corrected chi connectivity index (χ1v) is 9.06. The highest BCUT2D eigenvalue weighted by Gasteiger charge is 2.57. The number of benzene rings is 1. The van der Waals surface area contributed by atoms with Crippen LogP contribution in [0.15, 0.2) is 18.2 Å². The van der Waals surface area contributed by atoms with Crippen LogP contribution in [0.3, 0.4) is 0 Å². The van der Waals surface area contributed by atoms with Gasteiger partial charge in [0.2, 0.25) is 0 Å². The van der Waals surface area contributed by atoms with E-state index in [0.29, 0.717) is 18.4 Å². The zero-order chi connectivity index (χ0) is 19.0. The number of non-ortho nitro benzene ring substituents is 1. The molecule has 0 amide bonds. The molecule has 1 aliphatic carbocycles. The zero-order valence-corrected chi connectivity index (χ0v) is 15.2. The highest BCUT2D eigenvalue weighted by atomic mass is 32.2. The average Bonchev–Trinajstić information content (AvgIpc) is 2.53. The molecule has 1 aliphatic rings. The van der Waals surface area contributed by atoms with E-state index < -0.39 is 38.7 Å². The van der Waals surface area contributed by atoms with Crippen LogP contribution in [-0.4, -0.2) is 31.5 Å². The van der Waals surface area contributed by atoms with E-state index in [1.165, 1.54) is 12.1 Å². The molecule has 0 fully saturated rings. The number of nitro benzene ring substituents is 1. The second-order valence-electron chi connectivity index (χ2n) is 7.20. The predicted octanol–water partition coefficient (Wildman–Crippen LogP) is 2.81. The maximum atomic E-state index is 14.8. The predicted molar refractivity (Wildman–Crippen MR) is 90.8 cm³/mol. The van der Waals surface area contributed by atoms with Gasteiger partial charge in [0, 0.05) is 12.1 Å². The Morgan fingerprint density at radius 1 is 1.40 bits per heavy atom. The van der Waals surface area contributed by atoms with Crippen molar-refractivity contribution in [3.05, 3.63) is 39.4 Å². The van der Waals surface area contributed by atoms with E-state index in [-0.39, 0.29) is 17.7 Å². The van der Waals surface area contributed by atoms with Crippen LogP contribution in [-0.2, 0) is 22.9 Å². The minimum atomic E-state index is -3.64. The largest absolute Gasteiger partial charge is 0.390 e. The summed E-state index contributed by atoms with van der Waals surface area (Å²) in [7, 11) is -1.86. The number of hydrogen-bond acceptors (Lipinski definition) is 4. The second-order valence-corrected chi connectivity index (χ2v) is 9.17. The standard InChI is InChI=1S/C16H22F2N2O4S/c1-14(2,3)25(24)19-15(16(17,18)10-21)8-4-5-11-6-7-12(20(22)23)9-13(11)15/h6-7,9,19,21H,4-5,8,10H2,1-3H3/t15-,25-/m1/s1. The van der Waals surface area contributed by atoms with E-state index in [1.54, 1.807) is 20.8 Å². The summed E-state index contributed by atoms with van der Waals surface area (Å²) < 4.78 is 44.0. The Labute approximate surface area is 147 Å². The van der Waals surface area contributed by atoms with Gasteiger partial charge in [0.25, 0.3) is 11.6 Å². The van der Waals surface area contributed by atoms with E-state index in [4.69, 9.17) is 0 Å². The van der Waals surface area contributed by atoms with Crippen molar-refractivity contribution in [3.63, 3.8) is 0 Å². The Kier molecular flexibility index (Phi) is 5.32. The lowest BCUT2D eigenvalue weighted by Gasteiger charge is -2.44. The van der Waals surface area contributed by atoms with Gasteiger partial charge in [-0.25, -0.2) is 17.7 Å². The summed E-state index contributed by atoms with van der Waals surface area (Å²) in [4.78, 5) is 10.4. The summed E-state index contributed by atoms with van der Waals surface area (Å²) in [6, 6.07) is 3.83. The number of fused-ring (bicyclic) bond motifs is 1. The molecule has 0 radical (unpaired) electrons. The van der Waals surface area contributed by atoms with Crippen molar-refractivity contribution in [1.29, 1.82) is 0 Å². The third-order valence-electron chi connectivity index (χ3n) is 4.41. The van der Waals surface area contributed by atoms with Crippen LogP contribution >= 0.6 is 0 Å². The monoisotopic (exact) mass is 376 g/mol. The minimum Gasteiger partial charge on any atom is -0.390 e. The van der Waals surface area contributed by atoms with Gasteiger partial charge >= 0.3 is 0 Å². The van der Waals surface area contributed by atoms with Crippen molar-refractivity contribution in [2.45, 2.75) is 56.2 Å². The number of alkyl halides is 2. The fourth-order valence-electron chi connectivity index (χ4n) is 2.98. The molecule has 0 heterocycles. The van der Waals surface area contributed by atoms with Crippen molar-refractivity contribution in [3.8, 4) is 0 Å². The Morgan fingerprint density at radius 3 is 2.56 bits per heavy atom. The number of nitrogens with one attached hydrogen (secondary N) is 1. The van der Waals surface area contributed by atoms with E-state index >= 15 is 0 Å². The maximum absolute atomic E-state index is 14.8. The fourth-order valence-corrected chi connectivity index (χ4v) is 3.96. The smallest absolute Gasteiger partial charge is 0.293 e. The van der Waals surface area contributed by atoms with E-state index in [9.17, 15) is 28.2 Å². The molecule has 2 rings (SSSR count). The molecule has 2 atom stereocenters. The summed E-state index contributed by atoms with van der Waals surface area (Å²) in [6.45, 7) is 3.46. The molecule has 25 heavy (non-hydrogen) atoms. The number of aliphatic hydroxyl groups excluding tert-OH is 1. The Hall–Kier alpha value is -1.45. The first-order chi connectivity index (χ1) is 11.4. The molecule has 140 valence electrons. The summed E-state index contributed by atoms with van der Waals surface area (Å²) in [5.41, 5.74) is -1.88. The third kappa shape index (κ3) is 3.58. The summed E-state index contributed by atoms with van der Waals surface area (Å²) in [5, 5.41) is 20.4. The van der Waals surface area contributed by atoms with Crippen molar-refractivity contribution >= 4 is 16.7 Å². The van der Waals surface area contributed by atoms with E-state index in [0.717, 1.165) is 6.07 Å². The molecule has 0 aromatic heterocycles. The number of hydrogen-bond donors (Lipinski definition) is 2. The molecule has 6 nitrogen and oxygen atoms in total. The van der Waals surface area contributed by atoms with Crippen LogP contribution < -0.4 is 4.72 Å². The quantitative estimate of drug-likeness (QED) is 0.610. The molecule has 9 heteroatoms. The zero-order valence-electron chi connectivity index (χ0n) is 14.3. The normalized spacial score (nSPS) is 22.3. The number of aliphatic hydroxyl groups is 1. The van der Waals surface area contributed by atoms with Gasteiger partial charge in [0.15, 0.2) is 0 Å². The van der Waals surface area contributed by atoms with Crippen LogP contribution in [0.4, 0.5) is 14.5 Å². The van der Waals surface area contributed by atoms with Gasteiger partial charge in [-0.2, -0.15) is 0 Å². The van der Waals surface area contributed by atoms with Crippen LogP contribution in [0.2, 0.25) is 0 Å². The van der Waals surface area contributed by atoms with Crippen molar-refractivity contribution < 1.29 is 23.0 Å². The molecule has 2 N–H and O–H groups in total. The molecule has 0 saturated heterocycles. The van der Waals surface area contributed by atoms with Gasteiger partial charge < -0.3 is 5.11 Å². The molecular weight excluding hydrogens is 354 g/mol.